The van der Waals surface area contributed by atoms with Gasteiger partial charge < -0.3 is 24.6 Å². The number of carbonyl (C=O) groups excluding carboxylic acids is 2. The number of hydrogen-bond acceptors (Lipinski definition) is 8. The minimum atomic E-state index is -4.40. The van der Waals surface area contributed by atoms with Gasteiger partial charge in [-0.25, -0.2) is 0 Å². The lowest BCUT2D eigenvalue weighted by atomic mass is 10.1. The number of ether oxygens (including phenoxy) is 2. The van der Waals surface area contributed by atoms with Crippen molar-refractivity contribution in [1.82, 2.24) is 9.80 Å². The first-order chi connectivity index (χ1) is 24.1. The van der Waals surface area contributed by atoms with Crippen LogP contribution in [-0.4, -0.2) is 80.7 Å². The monoisotopic (exact) mass is 706 g/mol. The molecule has 0 aromatic heterocycles. The van der Waals surface area contributed by atoms with E-state index in [0.29, 0.717) is 36.8 Å². The van der Waals surface area contributed by atoms with E-state index in [1.807, 2.05) is 53.4 Å². The molecular weight excluding hydrogens is 666 g/mol. The maximum atomic E-state index is 13.6. The van der Waals surface area contributed by atoms with Crippen LogP contribution in [0.4, 0.5) is 30.2 Å². The predicted molar refractivity (Wildman–Crippen MR) is 190 cm³/mol. The maximum absolute atomic E-state index is 13.6. The fraction of sp³-hybridized carbons (Fsp3) is 0.368. The number of benzene rings is 4. The van der Waals surface area contributed by atoms with E-state index >= 15 is 0 Å². The van der Waals surface area contributed by atoms with Gasteiger partial charge in [0.1, 0.15) is 19.0 Å². The first kappa shape index (κ1) is 35.6. The molecule has 1 unspecified atom stereocenters. The van der Waals surface area contributed by atoms with Crippen molar-refractivity contribution in [2.24, 2.45) is 5.92 Å². The van der Waals surface area contributed by atoms with Crippen LogP contribution < -0.4 is 15.0 Å². The van der Waals surface area contributed by atoms with Crippen molar-refractivity contribution in [3.8, 4) is 5.75 Å². The molecule has 2 aliphatic heterocycles. The van der Waals surface area contributed by atoms with Gasteiger partial charge in [0.2, 0.25) is 5.91 Å². The molecule has 6 rings (SSSR count). The maximum Gasteiger partial charge on any atom is 0.416 e. The van der Waals surface area contributed by atoms with Crippen LogP contribution in [0, 0.1) is 5.92 Å². The molecule has 1 atom stereocenters. The zero-order valence-corrected chi connectivity index (χ0v) is 29.0. The van der Waals surface area contributed by atoms with E-state index < -0.39 is 17.7 Å². The summed E-state index contributed by atoms with van der Waals surface area (Å²) in [7, 11) is 0. The Balaban J connectivity index is 0.927. The van der Waals surface area contributed by atoms with Gasteiger partial charge in [0.15, 0.2) is 0 Å². The van der Waals surface area contributed by atoms with E-state index in [1.165, 1.54) is 24.8 Å². The van der Waals surface area contributed by atoms with E-state index in [9.17, 15) is 22.8 Å². The largest absolute Gasteiger partial charge is 0.492 e. The summed E-state index contributed by atoms with van der Waals surface area (Å²) in [6.07, 6.45) is -3.59. The average Bonchev–Trinajstić information content (AvgIpc) is 3.10. The first-order valence-electron chi connectivity index (χ1n) is 16.9. The number of piperazine rings is 1. The predicted octanol–water partition coefficient (Wildman–Crippen LogP) is 7.69. The van der Waals surface area contributed by atoms with Crippen molar-refractivity contribution in [2.75, 3.05) is 69.2 Å². The zero-order valence-electron chi connectivity index (χ0n) is 28.2. The number of para-hydroxylation sites is 1. The van der Waals surface area contributed by atoms with Gasteiger partial charge >= 0.3 is 12.1 Å². The van der Waals surface area contributed by atoms with Crippen LogP contribution in [0.2, 0.25) is 0 Å². The molecule has 1 saturated heterocycles. The number of halogens is 3. The minimum absolute atomic E-state index is 0.153. The van der Waals surface area contributed by atoms with Crippen LogP contribution in [-0.2, 0) is 20.5 Å². The smallest absolute Gasteiger partial charge is 0.416 e. The number of esters is 1. The summed E-state index contributed by atoms with van der Waals surface area (Å²) in [4.78, 5) is 32.9. The molecule has 0 radical (unpaired) electrons. The standard InChI is InChI=1S/C38H41F3N4O4S/c1-26(25-49-34-14-13-31(42-27(2)46)29-8-3-4-9-30(29)34)37(47)48-23-22-44-20-18-43(19-21-44)16-7-17-45-32-10-5-6-11-35(32)50-36-15-12-28(24-33(36)45)38(39,40)41/h3-6,8-15,24,26H,7,16-23,25H2,1-2H3,(H,42,46). The summed E-state index contributed by atoms with van der Waals surface area (Å²) in [5.41, 5.74) is 1.62. The molecule has 4 aromatic rings. The molecule has 1 N–H and O–H groups in total. The number of hydrogen-bond donors (Lipinski definition) is 1. The molecule has 50 heavy (non-hydrogen) atoms. The highest BCUT2D eigenvalue weighted by Gasteiger charge is 2.33. The van der Waals surface area contributed by atoms with E-state index in [2.05, 4.69) is 15.1 Å². The highest BCUT2D eigenvalue weighted by atomic mass is 32.2. The molecule has 264 valence electrons. The Hall–Kier alpha value is -4.26. The number of nitrogens with zero attached hydrogens (tertiary/aromatic N) is 3. The lowest BCUT2D eigenvalue weighted by Crippen LogP contribution is -2.47. The lowest BCUT2D eigenvalue weighted by molar-refractivity contribution is -0.149. The van der Waals surface area contributed by atoms with Gasteiger partial charge in [-0.2, -0.15) is 13.2 Å². The van der Waals surface area contributed by atoms with Crippen LogP contribution in [0.25, 0.3) is 10.8 Å². The van der Waals surface area contributed by atoms with Gasteiger partial charge in [-0.05, 0) is 62.4 Å². The van der Waals surface area contributed by atoms with Crippen LogP contribution in [0.1, 0.15) is 25.8 Å². The fourth-order valence-electron chi connectivity index (χ4n) is 6.33. The number of anilines is 3. The summed E-state index contributed by atoms with van der Waals surface area (Å²) < 4.78 is 52.3. The highest BCUT2D eigenvalue weighted by molar-refractivity contribution is 7.99. The number of fused-ring (bicyclic) bond motifs is 3. The van der Waals surface area contributed by atoms with Crippen molar-refractivity contribution in [3.63, 3.8) is 0 Å². The van der Waals surface area contributed by atoms with Crippen molar-refractivity contribution >= 4 is 51.5 Å². The molecule has 0 bridgehead atoms. The molecule has 2 heterocycles. The fourth-order valence-corrected chi connectivity index (χ4v) is 7.41. The Morgan fingerprint density at radius 2 is 1.52 bits per heavy atom. The van der Waals surface area contributed by atoms with Gasteiger partial charge in [-0.3, -0.25) is 14.5 Å². The molecule has 1 amide bonds. The van der Waals surface area contributed by atoms with Crippen LogP contribution in [0.15, 0.2) is 88.7 Å². The van der Waals surface area contributed by atoms with Crippen LogP contribution in [0.3, 0.4) is 0 Å². The van der Waals surface area contributed by atoms with E-state index in [-0.39, 0.29) is 18.5 Å². The third kappa shape index (κ3) is 8.54. The average molecular weight is 707 g/mol. The Morgan fingerprint density at radius 1 is 0.840 bits per heavy atom. The summed E-state index contributed by atoms with van der Waals surface area (Å²) >= 11 is 1.51. The molecule has 2 aliphatic rings. The van der Waals surface area contributed by atoms with Crippen molar-refractivity contribution < 1.29 is 32.2 Å². The van der Waals surface area contributed by atoms with Gasteiger partial charge in [-0.1, -0.05) is 48.2 Å². The topological polar surface area (TPSA) is 74.3 Å². The Kier molecular flexibility index (Phi) is 11.2. The van der Waals surface area contributed by atoms with Crippen LogP contribution in [0.5, 0.6) is 5.75 Å². The zero-order chi connectivity index (χ0) is 35.3. The molecule has 12 heteroatoms. The number of rotatable bonds is 12. The van der Waals surface area contributed by atoms with Gasteiger partial charge in [0.25, 0.3) is 0 Å². The minimum Gasteiger partial charge on any atom is -0.492 e. The lowest BCUT2D eigenvalue weighted by Gasteiger charge is -2.36. The number of nitrogens with one attached hydrogen (secondary N) is 1. The van der Waals surface area contributed by atoms with Gasteiger partial charge in [-0.15, -0.1) is 0 Å². The summed E-state index contributed by atoms with van der Waals surface area (Å²) in [6, 6.07) is 23.1. The summed E-state index contributed by atoms with van der Waals surface area (Å²) in [5.74, 6) is -0.297. The van der Waals surface area contributed by atoms with Crippen molar-refractivity contribution in [2.45, 2.75) is 36.2 Å². The Morgan fingerprint density at radius 3 is 2.26 bits per heavy atom. The Labute approximate surface area is 294 Å². The van der Waals surface area contributed by atoms with E-state index in [0.717, 1.165) is 71.5 Å². The normalized spacial score (nSPS) is 15.7. The molecular formula is C38H41F3N4O4S. The van der Waals surface area contributed by atoms with E-state index in [4.69, 9.17) is 9.47 Å². The quantitative estimate of drug-likeness (QED) is 0.151. The Bertz CT molecular complexity index is 1830. The van der Waals surface area contributed by atoms with E-state index in [1.54, 1.807) is 25.1 Å². The van der Waals surface area contributed by atoms with Crippen molar-refractivity contribution in [1.29, 1.82) is 0 Å². The van der Waals surface area contributed by atoms with Gasteiger partial charge in [0.05, 0.1) is 22.9 Å². The molecule has 0 saturated carbocycles. The third-order valence-electron chi connectivity index (χ3n) is 9.01. The number of carbonyl (C=O) groups is 2. The number of amides is 1. The third-order valence-corrected chi connectivity index (χ3v) is 10.1. The SMILES string of the molecule is CC(=O)Nc1ccc(OCC(C)C(=O)OCCN2CCN(CCCN3c4ccccc4Sc4ccc(C(F)(F)F)cc43)CC2)c2ccccc12. The van der Waals surface area contributed by atoms with Gasteiger partial charge in [0, 0.05) is 72.4 Å². The van der Waals surface area contributed by atoms with Crippen molar-refractivity contribution in [3.05, 3.63) is 84.4 Å². The highest BCUT2D eigenvalue weighted by Crippen LogP contribution is 2.49. The molecule has 0 aliphatic carbocycles. The molecule has 8 nitrogen and oxygen atoms in total. The second kappa shape index (κ2) is 15.7. The molecule has 0 spiro atoms. The summed E-state index contributed by atoms with van der Waals surface area (Å²) in [5, 5.41) is 4.54. The second-order valence-electron chi connectivity index (χ2n) is 12.7. The second-order valence-corrected chi connectivity index (χ2v) is 13.7. The van der Waals surface area contributed by atoms with Crippen LogP contribution >= 0.6 is 11.8 Å². The molecule has 4 aromatic carbocycles. The molecule has 1 fully saturated rings. The summed E-state index contributed by atoms with van der Waals surface area (Å²) in [6.45, 7) is 9.23. The first-order valence-corrected chi connectivity index (χ1v) is 17.7. The number of alkyl halides is 3.